The highest BCUT2D eigenvalue weighted by atomic mass is 28.2. The van der Waals surface area contributed by atoms with Crippen LogP contribution in [0.15, 0.2) is 0 Å². The van der Waals surface area contributed by atoms with Gasteiger partial charge in [0.25, 0.3) is 0 Å². The summed E-state index contributed by atoms with van der Waals surface area (Å²) in [4.78, 5) is 0. The van der Waals surface area contributed by atoms with Crippen molar-refractivity contribution in [3.05, 3.63) is 0 Å². The first-order chi connectivity index (χ1) is 4.75. The standard InChI is InChI=1S/C8H19NSi/c1-7-5-4-6-8(2)9(7)10-3/h7-8H,4-6,10H2,1-3H3. The number of hydrogen-bond donors (Lipinski definition) is 0. The molecule has 1 fully saturated rings. The minimum atomic E-state index is 0.107. The molecule has 0 aromatic carbocycles. The Kier molecular flexibility index (Phi) is 2.92. The largest absolute Gasteiger partial charge is 0.325 e. The molecule has 1 aliphatic rings. The zero-order chi connectivity index (χ0) is 7.56. The summed E-state index contributed by atoms with van der Waals surface area (Å²) in [5, 5.41) is 0. The summed E-state index contributed by atoms with van der Waals surface area (Å²) < 4.78 is 2.74. The Balaban J connectivity index is 2.45. The van der Waals surface area contributed by atoms with Crippen LogP contribution in [0.5, 0.6) is 0 Å². The van der Waals surface area contributed by atoms with Gasteiger partial charge in [-0.2, -0.15) is 0 Å². The van der Waals surface area contributed by atoms with Crippen LogP contribution in [0.1, 0.15) is 33.1 Å². The third-order valence-electron chi connectivity index (χ3n) is 2.74. The molecule has 1 rings (SSSR count). The maximum atomic E-state index is 2.74. The van der Waals surface area contributed by atoms with Crippen molar-refractivity contribution in [2.45, 2.75) is 51.7 Å². The lowest BCUT2D eigenvalue weighted by Crippen LogP contribution is -2.44. The quantitative estimate of drug-likeness (QED) is 0.520. The predicted molar refractivity (Wildman–Crippen MR) is 49.0 cm³/mol. The van der Waals surface area contributed by atoms with Gasteiger partial charge in [0.15, 0.2) is 0 Å². The molecule has 0 saturated carbocycles. The molecule has 0 radical (unpaired) electrons. The van der Waals surface area contributed by atoms with Crippen LogP contribution in [0.2, 0.25) is 6.55 Å². The number of hydrogen-bond acceptors (Lipinski definition) is 1. The highest BCUT2D eigenvalue weighted by Gasteiger charge is 2.21. The predicted octanol–water partition coefficient (Wildman–Crippen LogP) is 1.38. The van der Waals surface area contributed by atoms with Gasteiger partial charge < -0.3 is 4.57 Å². The van der Waals surface area contributed by atoms with Crippen LogP contribution in [0.4, 0.5) is 0 Å². The average molecular weight is 157 g/mol. The second-order valence-corrected chi connectivity index (χ2v) is 4.82. The monoisotopic (exact) mass is 157 g/mol. The van der Waals surface area contributed by atoms with Gasteiger partial charge in [-0.25, -0.2) is 0 Å². The van der Waals surface area contributed by atoms with E-state index in [4.69, 9.17) is 0 Å². The Labute approximate surface area is 66.7 Å². The van der Waals surface area contributed by atoms with E-state index in [-0.39, 0.29) is 9.68 Å². The smallest absolute Gasteiger partial charge is 0.0926 e. The molecule has 1 aliphatic heterocycles. The van der Waals surface area contributed by atoms with E-state index in [1.54, 1.807) is 0 Å². The van der Waals surface area contributed by atoms with Gasteiger partial charge in [-0.15, -0.1) is 0 Å². The van der Waals surface area contributed by atoms with Crippen molar-refractivity contribution < 1.29 is 0 Å². The molecule has 0 aromatic heterocycles. The van der Waals surface area contributed by atoms with Crippen molar-refractivity contribution in [2.75, 3.05) is 0 Å². The maximum absolute atomic E-state index is 2.74. The van der Waals surface area contributed by atoms with Crippen LogP contribution in [-0.2, 0) is 0 Å². The molecule has 0 N–H and O–H groups in total. The first-order valence-electron chi connectivity index (χ1n) is 4.51. The van der Waals surface area contributed by atoms with Crippen LogP contribution >= 0.6 is 0 Å². The van der Waals surface area contributed by atoms with Gasteiger partial charge >= 0.3 is 0 Å². The molecule has 0 aromatic rings. The summed E-state index contributed by atoms with van der Waals surface area (Å²) in [5.74, 6) is 0. The third-order valence-corrected chi connectivity index (χ3v) is 4.72. The minimum Gasteiger partial charge on any atom is -0.325 e. The molecule has 10 heavy (non-hydrogen) atoms. The van der Waals surface area contributed by atoms with E-state index >= 15 is 0 Å². The molecule has 1 saturated heterocycles. The molecule has 1 heterocycles. The Morgan fingerprint density at radius 2 is 1.70 bits per heavy atom. The topological polar surface area (TPSA) is 3.24 Å². The maximum Gasteiger partial charge on any atom is 0.0926 e. The van der Waals surface area contributed by atoms with E-state index in [1.807, 2.05) is 0 Å². The third kappa shape index (κ3) is 1.61. The first-order valence-corrected chi connectivity index (χ1v) is 6.56. The minimum absolute atomic E-state index is 0.107. The van der Waals surface area contributed by atoms with Crippen molar-refractivity contribution in [1.29, 1.82) is 0 Å². The molecular formula is C8H19NSi. The molecule has 2 atom stereocenters. The molecule has 0 aliphatic carbocycles. The molecule has 2 unspecified atom stereocenters. The molecule has 0 spiro atoms. The molecule has 0 bridgehead atoms. The van der Waals surface area contributed by atoms with Crippen molar-refractivity contribution in [3.63, 3.8) is 0 Å². The molecular weight excluding hydrogens is 138 g/mol. The van der Waals surface area contributed by atoms with E-state index in [1.165, 1.54) is 19.3 Å². The van der Waals surface area contributed by atoms with Gasteiger partial charge in [0.2, 0.25) is 0 Å². The lowest BCUT2D eigenvalue weighted by Gasteiger charge is -2.38. The van der Waals surface area contributed by atoms with Gasteiger partial charge in [-0.3, -0.25) is 0 Å². The Morgan fingerprint density at radius 3 is 2.00 bits per heavy atom. The number of nitrogens with zero attached hydrogens (tertiary/aromatic N) is 1. The van der Waals surface area contributed by atoms with E-state index in [2.05, 4.69) is 25.0 Å². The molecule has 60 valence electrons. The Bertz CT molecular complexity index is 95.4. The van der Waals surface area contributed by atoms with Crippen LogP contribution < -0.4 is 0 Å². The average Bonchev–Trinajstić information content (AvgIpc) is 1.88. The van der Waals surface area contributed by atoms with Gasteiger partial charge in [0.1, 0.15) is 0 Å². The van der Waals surface area contributed by atoms with Gasteiger partial charge in [0.05, 0.1) is 9.68 Å². The first kappa shape index (κ1) is 8.28. The molecule has 1 nitrogen and oxygen atoms in total. The van der Waals surface area contributed by atoms with Gasteiger partial charge in [-0.05, 0) is 12.8 Å². The van der Waals surface area contributed by atoms with Gasteiger partial charge in [0, 0.05) is 12.1 Å². The number of rotatable bonds is 1. The fraction of sp³-hybridized carbons (Fsp3) is 1.00. The number of piperidine rings is 1. The molecule has 0 amide bonds. The second kappa shape index (κ2) is 3.53. The lowest BCUT2D eigenvalue weighted by molar-refractivity contribution is 0.207. The summed E-state index contributed by atoms with van der Waals surface area (Å²) >= 11 is 0. The van der Waals surface area contributed by atoms with Crippen LogP contribution in [0, 0.1) is 0 Å². The van der Waals surface area contributed by atoms with Gasteiger partial charge in [-0.1, -0.05) is 26.8 Å². The highest BCUT2D eigenvalue weighted by molar-refractivity contribution is 6.30. The van der Waals surface area contributed by atoms with Crippen LogP contribution in [0.3, 0.4) is 0 Å². The normalized spacial score (nSPS) is 37.5. The summed E-state index contributed by atoms with van der Waals surface area (Å²) in [6.07, 6.45) is 4.32. The lowest BCUT2D eigenvalue weighted by atomic mass is 10.0. The van der Waals surface area contributed by atoms with Crippen molar-refractivity contribution >= 4 is 9.68 Å². The zero-order valence-electron chi connectivity index (χ0n) is 7.43. The van der Waals surface area contributed by atoms with Crippen molar-refractivity contribution in [1.82, 2.24) is 4.57 Å². The van der Waals surface area contributed by atoms with Crippen molar-refractivity contribution in [3.8, 4) is 0 Å². The summed E-state index contributed by atoms with van der Waals surface area (Å²) in [6.45, 7) is 7.16. The molecule has 2 heteroatoms. The summed E-state index contributed by atoms with van der Waals surface area (Å²) in [7, 11) is 0.107. The van der Waals surface area contributed by atoms with E-state index < -0.39 is 0 Å². The van der Waals surface area contributed by atoms with Crippen LogP contribution in [-0.4, -0.2) is 26.3 Å². The fourth-order valence-electron chi connectivity index (χ4n) is 2.10. The van der Waals surface area contributed by atoms with Crippen molar-refractivity contribution in [2.24, 2.45) is 0 Å². The zero-order valence-corrected chi connectivity index (χ0v) is 8.84. The van der Waals surface area contributed by atoms with E-state index in [0.29, 0.717) is 0 Å². The Morgan fingerprint density at radius 1 is 1.20 bits per heavy atom. The fourth-order valence-corrected chi connectivity index (χ4v) is 3.71. The van der Waals surface area contributed by atoms with Crippen LogP contribution in [0.25, 0.3) is 0 Å². The summed E-state index contributed by atoms with van der Waals surface area (Å²) in [6, 6.07) is 1.78. The second-order valence-electron chi connectivity index (χ2n) is 3.46. The summed E-state index contributed by atoms with van der Waals surface area (Å²) in [5.41, 5.74) is 0. The highest BCUT2D eigenvalue weighted by Crippen LogP contribution is 2.20. The van der Waals surface area contributed by atoms with E-state index in [0.717, 1.165) is 12.1 Å². The Hall–Kier alpha value is 0.177. The SMILES string of the molecule is C[SiH2]N1C(C)CCCC1C. The van der Waals surface area contributed by atoms with E-state index in [9.17, 15) is 0 Å².